The fourth-order valence-electron chi connectivity index (χ4n) is 1.08. The van der Waals surface area contributed by atoms with Crippen molar-refractivity contribution in [1.82, 2.24) is 0 Å². The lowest BCUT2D eigenvalue weighted by atomic mass is 10.0. The molecule has 0 aliphatic rings. The molecule has 0 saturated carbocycles. The first kappa shape index (κ1) is 12.5. The topological polar surface area (TPSA) is 101 Å². The van der Waals surface area contributed by atoms with Crippen LogP contribution in [0.5, 0.6) is 5.75 Å². The second-order valence-corrected chi connectivity index (χ2v) is 4.17. The van der Waals surface area contributed by atoms with E-state index in [1.165, 1.54) is 31.2 Å². The zero-order chi connectivity index (χ0) is 12.3. The number of phenols is 1. The molecule has 1 aromatic carbocycles. The SMILES string of the molecule is CC(C(=O)OS(=O)(=O)O)c1ccc(O)cc1. The van der Waals surface area contributed by atoms with Gasteiger partial charge in [-0.1, -0.05) is 12.1 Å². The monoisotopic (exact) mass is 246 g/mol. The van der Waals surface area contributed by atoms with Crippen molar-refractivity contribution in [2.45, 2.75) is 12.8 Å². The summed E-state index contributed by atoms with van der Waals surface area (Å²) >= 11 is 0. The van der Waals surface area contributed by atoms with E-state index in [9.17, 15) is 13.2 Å². The molecule has 7 heteroatoms. The van der Waals surface area contributed by atoms with Gasteiger partial charge in [0.2, 0.25) is 0 Å². The van der Waals surface area contributed by atoms with Crippen molar-refractivity contribution in [2.75, 3.05) is 0 Å². The molecule has 0 fully saturated rings. The van der Waals surface area contributed by atoms with Gasteiger partial charge in [-0.2, -0.15) is 8.42 Å². The maximum Gasteiger partial charge on any atom is 0.448 e. The van der Waals surface area contributed by atoms with Crippen LogP contribution in [0.3, 0.4) is 0 Å². The van der Waals surface area contributed by atoms with E-state index in [1.807, 2.05) is 0 Å². The minimum atomic E-state index is -4.78. The first-order valence-corrected chi connectivity index (χ1v) is 5.66. The van der Waals surface area contributed by atoms with Gasteiger partial charge in [0.1, 0.15) is 5.75 Å². The molecule has 1 rings (SSSR count). The molecule has 0 aromatic heterocycles. The van der Waals surface area contributed by atoms with Crippen LogP contribution >= 0.6 is 0 Å². The molecule has 6 nitrogen and oxygen atoms in total. The van der Waals surface area contributed by atoms with Crippen LogP contribution in [0.1, 0.15) is 18.4 Å². The molecule has 0 aliphatic heterocycles. The van der Waals surface area contributed by atoms with Crippen molar-refractivity contribution in [3.05, 3.63) is 29.8 Å². The Labute approximate surface area is 92.4 Å². The Morgan fingerprint density at radius 3 is 2.25 bits per heavy atom. The Morgan fingerprint density at radius 1 is 1.31 bits per heavy atom. The van der Waals surface area contributed by atoms with Crippen molar-refractivity contribution in [1.29, 1.82) is 0 Å². The van der Waals surface area contributed by atoms with Crippen molar-refractivity contribution in [2.24, 2.45) is 0 Å². The molecular formula is C9H10O6S. The lowest BCUT2D eigenvalue weighted by molar-refractivity contribution is -0.135. The summed E-state index contributed by atoms with van der Waals surface area (Å²) < 4.78 is 32.7. The van der Waals surface area contributed by atoms with E-state index in [4.69, 9.17) is 9.66 Å². The third-order valence-electron chi connectivity index (χ3n) is 1.93. The summed E-state index contributed by atoms with van der Waals surface area (Å²) in [6.45, 7) is 1.42. The van der Waals surface area contributed by atoms with Gasteiger partial charge in [0.05, 0.1) is 5.92 Å². The quantitative estimate of drug-likeness (QED) is 0.766. The maximum atomic E-state index is 11.2. The van der Waals surface area contributed by atoms with Crippen LogP contribution in [0.15, 0.2) is 24.3 Å². The van der Waals surface area contributed by atoms with Crippen LogP contribution in [-0.4, -0.2) is 24.0 Å². The van der Waals surface area contributed by atoms with Crippen molar-refractivity contribution in [3.63, 3.8) is 0 Å². The number of benzene rings is 1. The van der Waals surface area contributed by atoms with Crippen LogP contribution in [-0.2, 0) is 19.4 Å². The number of carbonyl (C=O) groups excluding carboxylic acids is 1. The van der Waals surface area contributed by atoms with Gasteiger partial charge >= 0.3 is 16.4 Å². The molecule has 0 aliphatic carbocycles. The van der Waals surface area contributed by atoms with Gasteiger partial charge in [0, 0.05) is 0 Å². The van der Waals surface area contributed by atoms with E-state index in [0.717, 1.165) is 0 Å². The highest BCUT2D eigenvalue weighted by Gasteiger charge is 2.21. The third-order valence-corrected chi connectivity index (χ3v) is 2.31. The Balaban J connectivity index is 2.82. The molecule has 0 saturated heterocycles. The zero-order valence-corrected chi connectivity index (χ0v) is 9.14. The van der Waals surface area contributed by atoms with Crippen molar-refractivity contribution < 1.29 is 27.1 Å². The molecule has 0 bridgehead atoms. The fourth-order valence-corrected chi connectivity index (χ4v) is 1.43. The smallest absolute Gasteiger partial charge is 0.448 e. The molecule has 0 amide bonds. The standard InChI is InChI=1S/C9H10O6S/c1-6(9(11)15-16(12,13)14)7-2-4-8(10)5-3-7/h2-6,10H,1H3,(H,12,13,14). The van der Waals surface area contributed by atoms with E-state index in [0.29, 0.717) is 5.56 Å². The molecule has 2 N–H and O–H groups in total. The largest absolute Gasteiger partial charge is 0.508 e. The van der Waals surface area contributed by atoms with Crippen LogP contribution in [0, 0.1) is 0 Å². The number of hydrogen-bond donors (Lipinski definition) is 2. The predicted octanol–water partition coefficient (Wildman–Crippen LogP) is 0.842. The normalized spacial score (nSPS) is 13.1. The van der Waals surface area contributed by atoms with Crippen LogP contribution < -0.4 is 0 Å². The number of aromatic hydroxyl groups is 1. The molecule has 1 unspecified atom stereocenters. The van der Waals surface area contributed by atoms with E-state index in [-0.39, 0.29) is 5.75 Å². The van der Waals surface area contributed by atoms with Crippen LogP contribution in [0.4, 0.5) is 0 Å². The molecule has 0 radical (unpaired) electrons. The zero-order valence-electron chi connectivity index (χ0n) is 8.32. The minimum absolute atomic E-state index is 0.0269. The van der Waals surface area contributed by atoms with Gasteiger partial charge in [-0.3, -0.25) is 9.35 Å². The summed E-state index contributed by atoms with van der Waals surface area (Å²) in [6, 6.07) is 5.61. The lowest BCUT2D eigenvalue weighted by Crippen LogP contribution is -2.17. The van der Waals surface area contributed by atoms with Gasteiger partial charge in [-0.25, -0.2) is 0 Å². The van der Waals surface area contributed by atoms with Gasteiger partial charge in [0.15, 0.2) is 0 Å². The molecular weight excluding hydrogens is 236 g/mol. The summed E-state index contributed by atoms with van der Waals surface area (Å²) in [5.74, 6) is -1.92. The van der Waals surface area contributed by atoms with Crippen LogP contribution in [0.25, 0.3) is 0 Å². The van der Waals surface area contributed by atoms with Gasteiger partial charge in [-0.15, -0.1) is 0 Å². The van der Waals surface area contributed by atoms with E-state index < -0.39 is 22.3 Å². The summed E-state index contributed by atoms with van der Waals surface area (Å²) in [4.78, 5) is 11.2. The average molecular weight is 246 g/mol. The van der Waals surface area contributed by atoms with Crippen LogP contribution in [0.2, 0.25) is 0 Å². The van der Waals surface area contributed by atoms with E-state index in [2.05, 4.69) is 4.18 Å². The predicted molar refractivity (Wildman–Crippen MR) is 54.2 cm³/mol. The Morgan fingerprint density at radius 2 is 1.81 bits per heavy atom. The molecule has 1 atom stereocenters. The Bertz CT molecular complexity index is 475. The summed E-state index contributed by atoms with van der Waals surface area (Å²) in [5, 5.41) is 9.01. The average Bonchev–Trinajstić information content (AvgIpc) is 2.15. The maximum absolute atomic E-state index is 11.2. The first-order chi connectivity index (χ1) is 7.29. The summed E-state index contributed by atoms with van der Waals surface area (Å²) in [7, 11) is -4.78. The Kier molecular flexibility index (Phi) is 3.51. The molecule has 16 heavy (non-hydrogen) atoms. The number of phenolic OH excluding ortho intramolecular Hbond substituents is 1. The molecule has 88 valence electrons. The molecule has 0 heterocycles. The lowest BCUT2D eigenvalue weighted by Gasteiger charge is -2.09. The minimum Gasteiger partial charge on any atom is -0.508 e. The summed E-state index contributed by atoms with van der Waals surface area (Å²) in [6.07, 6.45) is 0. The third kappa shape index (κ3) is 3.52. The highest BCUT2D eigenvalue weighted by atomic mass is 32.3. The number of rotatable bonds is 3. The van der Waals surface area contributed by atoms with E-state index >= 15 is 0 Å². The Hall–Kier alpha value is -1.60. The van der Waals surface area contributed by atoms with E-state index in [1.54, 1.807) is 0 Å². The molecule has 0 spiro atoms. The van der Waals surface area contributed by atoms with Gasteiger partial charge in [-0.05, 0) is 24.6 Å². The fraction of sp³-hybridized carbons (Fsp3) is 0.222. The number of carbonyl (C=O) groups is 1. The second-order valence-electron chi connectivity index (χ2n) is 3.14. The number of hydrogen-bond acceptors (Lipinski definition) is 5. The van der Waals surface area contributed by atoms with Crippen molar-refractivity contribution in [3.8, 4) is 5.75 Å². The second kappa shape index (κ2) is 4.50. The first-order valence-electron chi connectivity index (χ1n) is 4.29. The highest BCUT2D eigenvalue weighted by Crippen LogP contribution is 2.20. The summed E-state index contributed by atoms with van der Waals surface area (Å²) in [5.41, 5.74) is 0.464. The molecule has 1 aromatic rings. The van der Waals surface area contributed by atoms with Gasteiger partial charge < -0.3 is 9.29 Å². The van der Waals surface area contributed by atoms with Crippen molar-refractivity contribution >= 4 is 16.4 Å². The highest BCUT2D eigenvalue weighted by molar-refractivity contribution is 7.81. The van der Waals surface area contributed by atoms with Gasteiger partial charge in [0.25, 0.3) is 0 Å².